The normalized spacial score (nSPS) is 13.5. The lowest BCUT2D eigenvalue weighted by Crippen LogP contribution is -2.15. The van der Waals surface area contributed by atoms with Gasteiger partial charge in [0.15, 0.2) is 0 Å². The monoisotopic (exact) mass is 596 g/mol. The van der Waals surface area contributed by atoms with E-state index in [4.69, 9.17) is 0 Å². The van der Waals surface area contributed by atoms with Gasteiger partial charge in [-0.15, -0.1) is 0 Å². The smallest absolute Gasteiger partial charge is 0.0165 e. The predicted molar refractivity (Wildman–Crippen MR) is 202 cm³/mol. The van der Waals surface area contributed by atoms with Gasteiger partial charge >= 0.3 is 0 Å². The summed E-state index contributed by atoms with van der Waals surface area (Å²) in [5.74, 6) is 0. The zero-order valence-electron chi connectivity index (χ0n) is 26.5. The van der Waals surface area contributed by atoms with Crippen molar-refractivity contribution in [2.75, 3.05) is 0 Å². The Kier molecular flexibility index (Phi) is 5.44. The van der Waals surface area contributed by atoms with Crippen molar-refractivity contribution in [3.8, 4) is 33.4 Å². The molecular formula is C47H32. The predicted octanol–water partition coefficient (Wildman–Crippen LogP) is 13.1. The van der Waals surface area contributed by atoms with Gasteiger partial charge in [0.2, 0.25) is 0 Å². The van der Waals surface area contributed by atoms with Crippen LogP contribution in [0.1, 0.15) is 25.0 Å². The summed E-state index contributed by atoms with van der Waals surface area (Å²) in [7, 11) is 0. The maximum absolute atomic E-state index is 2.46. The average molecular weight is 597 g/mol. The van der Waals surface area contributed by atoms with E-state index >= 15 is 0 Å². The Bertz CT molecular complexity index is 2700. The lowest BCUT2D eigenvalue weighted by Gasteiger charge is -2.24. The Balaban J connectivity index is 1.29. The molecule has 0 aliphatic heterocycles. The van der Waals surface area contributed by atoms with Crippen LogP contribution in [0.4, 0.5) is 0 Å². The molecule has 0 bridgehead atoms. The van der Waals surface area contributed by atoms with Gasteiger partial charge in [-0.1, -0.05) is 159 Å². The molecule has 9 aromatic rings. The van der Waals surface area contributed by atoms with Crippen LogP contribution in [0.3, 0.4) is 0 Å². The maximum atomic E-state index is 2.46. The fourth-order valence-electron chi connectivity index (χ4n) is 8.72. The Morgan fingerprint density at radius 1 is 0.340 bits per heavy atom. The number of hydrogen-bond acceptors (Lipinski definition) is 0. The molecule has 1 aliphatic carbocycles. The van der Waals surface area contributed by atoms with E-state index in [1.165, 1.54) is 98.4 Å². The minimum absolute atomic E-state index is 0.127. The largest absolute Gasteiger partial charge is 0.0616 e. The lowest BCUT2D eigenvalue weighted by atomic mass is 9.78. The van der Waals surface area contributed by atoms with Gasteiger partial charge in [0.25, 0.3) is 0 Å². The Labute approximate surface area is 274 Å². The van der Waals surface area contributed by atoms with E-state index in [9.17, 15) is 0 Å². The number of fused-ring (bicyclic) bond motifs is 12. The van der Waals surface area contributed by atoms with E-state index < -0.39 is 0 Å². The molecule has 0 amide bonds. The van der Waals surface area contributed by atoms with Crippen LogP contribution in [-0.2, 0) is 5.41 Å². The van der Waals surface area contributed by atoms with Crippen molar-refractivity contribution in [1.82, 2.24) is 0 Å². The highest BCUT2D eigenvalue weighted by Gasteiger charge is 2.39. The Morgan fingerprint density at radius 3 is 1.60 bits per heavy atom. The van der Waals surface area contributed by atoms with Crippen LogP contribution in [0, 0.1) is 0 Å². The zero-order valence-corrected chi connectivity index (χ0v) is 26.5. The van der Waals surface area contributed by atoms with Crippen LogP contribution < -0.4 is 0 Å². The van der Waals surface area contributed by atoms with Crippen molar-refractivity contribution < 1.29 is 0 Å². The second-order valence-electron chi connectivity index (χ2n) is 13.6. The highest BCUT2D eigenvalue weighted by molar-refractivity contribution is 6.22. The molecule has 0 fully saturated rings. The molecule has 0 N–H and O–H groups in total. The number of benzene rings is 9. The fraction of sp³-hybridized carbons (Fsp3) is 0.0638. The van der Waals surface area contributed by atoms with Gasteiger partial charge in [-0.3, -0.25) is 0 Å². The summed E-state index contributed by atoms with van der Waals surface area (Å²) < 4.78 is 0. The molecule has 0 saturated heterocycles. The molecule has 1 aliphatic rings. The summed E-state index contributed by atoms with van der Waals surface area (Å²) in [6.45, 7) is 4.82. The summed E-state index contributed by atoms with van der Waals surface area (Å²) in [5, 5.41) is 13.1. The molecule has 0 radical (unpaired) electrons. The van der Waals surface area contributed by atoms with Crippen molar-refractivity contribution in [3.63, 3.8) is 0 Å². The fourth-order valence-corrected chi connectivity index (χ4v) is 8.72. The SMILES string of the molecule is CC1(C)c2ccc3ccccc3c2-c2c1c1ccc(-c3ccccc3-c3c4ccccc4cc4ccccc34)cc1c1ccccc21. The average Bonchev–Trinajstić information content (AvgIpc) is 3.37. The highest BCUT2D eigenvalue weighted by Crippen LogP contribution is 2.56. The van der Waals surface area contributed by atoms with Gasteiger partial charge in [-0.05, 0) is 111 Å². The van der Waals surface area contributed by atoms with Gasteiger partial charge in [0.1, 0.15) is 0 Å². The summed E-state index contributed by atoms with van der Waals surface area (Å²) in [4.78, 5) is 0. The van der Waals surface area contributed by atoms with Gasteiger partial charge in [0, 0.05) is 5.41 Å². The lowest BCUT2D eigenvalue weighted by molar-refractivity contribution is 0.667. The Hall–Kier alpha value is -5.72. The molecule has 0 heteroatoms. The molecule has 0 atom stereocenters. The van der Waals surface area contributed by atoms with E-state index in [-0.39, 0.29) is 5.41 Å². The quantitative estimate of drug-likeness (QED) is 0.138. The van der Waals surface area contributed by atoms with E-state index in [2.05, 4.69) is 172 Å². The molecular weight excluding hydrogens is 565 g/mol. The molecule has 9 aromatic carbocycles. The summed E-state index contributed by atoms with van der Waals surface area (Å²) in [5.41, 5.74) is 10.6. The molecule has 0 heterocycles. The third-order valence-electron chi connectivity index (χ3n) is 10.8. The second-order valence-corrected chi connectivity index (χ2v) is 13.6. The molecule has 0 aromatic heterocycles. The van der Waals surface area contributed by atoms with Crippen LogP contribution in [0.25, 0.3) is 87.2 Å². The second kappa shape index (κ2) is 9.64. The van der Waals surface area contributed by atoms with Gasteiger partial charge in [-0.25, -0.2) is 0 Å². The van der Waals surface area contributed by atoms with Crippen LogP contribution in [0.15, 0.2) is 158 Å². The molecule has 0 saturated carbocycles. The van der Waals surface area contributed by atoms with Crippen molar-refractivity contribution >= 4 is 53.9 Å². The molecule has 220 valence electrons. The zero-order chi connectivity index (χ0) is 31.3. The summed E-state index contributed by atoms with van der Waals surface area (Å²) >= 11 is 0. The summed E-state index contributed by atoms with van der Waals surface area (Å²) in [6, 6.07) is 58.7. The third kappa shape index (κ3) is 3.64. The van der Waals surface area contributed by atoms with Crippen LogP contribution in [0.5, 0.6) is 0 Å². The molecule has 0 nitrogen and oxygen atoms in total. The maximum Gasteiger partial charge on any atom is 0.0165 e. The minimum Gasteiger partial charge on any atom is -0.0616 e. The number of hydrogen-bond donors (Lipinski definition) is 0. The van der Waals surface area contributed by atoms with Gasteiger partial charge in [-0.2, -0.15) is 0 Å². The first kappa shape index (κ1) is 26.5. The first-order valence-corrected chi connectivity index (χ1v) is 16.6. The molecule has 0 unspecified atom stereocenters. The van der Waals surface area contributed by atoms with Crippen LogP contribution in [0.2, 0.25) is 0 Å². The summed E-state index contributed by atoms with van der Waals surface area (Å²) in [6.07, 6.45) is 0. The van der Waals surface area contributed by atoms with Gasteiger partial charge < -0.3 is 0 Å². The van der Waals surface area contributed by atoms with Gasteiger partial charge in [0.05, 0.1) is 0 Å². The first-order valence-electron chi connectivity index (χ1n) is 16.6. The standard InChI is InChI=1S/C47H32/c1-47(2)42-26-24-29-13-3-6-17-34(29)44(42)45-39-22-12-10-20-37(39)41-28-32(23-25-40(41)46(45)47)33-16-9-11-21-38(33)43-35-18-7-4-14-30(35)27-31-15-5-8-19-36(31)43/h3-28H,1-2H3. The number of rotatable bonds is 2. The van der Waals surface area contributed by atoms with E-state index in [1.54, 1.807) is 0 Å². The highest BCUT2D eigenvalue weighted by atomic mass is 14.4. The van der Waals surface area contributed by atoms with Crippen molar-refractivity contribution in [3.05, 3.63) is 169 Å². The van der Waals surface area contributed by atoms with Crippen LogP contribution >= 0.6 is 0 Å². The van der Waals surface area contributed by atoms with E-state index in [0.29, 0.717) is 0 Å². The van der Waals surface area contributed by atoms with E-state index in [1.807, 2.05) is 0 Å². The van der Waals surface area contributed by atoms with Crippen molar-refractivity contribution in [2.24, 2.45) is 0 Å². The molecule has 10 rings (SSSR count). The molecule has 47 heavy (non-hydrogen) atoms. The van der Waals surface area contributed by atoms with Crippen molar-refractivity contribution in [1.29, 1.82) is 0 Å². The minimum atomic E-state index is -0.127. The molecule has 0 spiro atoms. The van der Waals surface area contributed by atoms with E-state index in [0.717, 1.165) is 0 Å². The van der Waals surface area contributed by atoms with Crippen LogP contribution in [-0.4, -0.2) is 0 Å². The Morgan fingerprint density at radius 2 is 0.894 bits per heavy atom. The van der Waals surface area contributed by atoms with Crippen molar-refractivity contribution in [2.45, 2.75) is 19.3 Å². The topological polar surface area (TPSA) is 0 Å². The first-order chi connectivity index (χ1) is 23.1. The third-order valence-corrected chi connectivity index (χ3v) is 10.8.